The zero-order chi connectivity index (χ0) is 18.8. The molecule has 0 spiro atoms. The molecule has 2 aliphatic rings. The van der Waals surface area contributed by atoms with Crippen LogP contribution in [-0.4, -0.2) is 35.0 Å². The molecule has 6 nitrogen and oxygen atoms in total. The van der Waals surface area contributed by atoms with Crippen LogP contribution in [-0.2, 0) is 4.74 Å². The van der Waals surface area contributed by atoms with E-state index in [9.17, 15) is 5.26 Å². The second-order valence-electron chi connectivity index (χ2n) is 6.69. The van der Waals surface area contributed by atoms with Gasteiger partial charge in [0.2, 0.25) is 5.88 Å². The first-order valence-corrected chi connectivity index (χ1v) is 8.67. The lowest BCUT2D eigenvalue weighted by molar-refractivity contribution is 0.251. The van der Waals surface area contributed by atoms with Crippen molar-refractivity contribution in [1.29, 1.82) is 5.26 Å². The Morgan fingerprint density at radius 2 is 2.00 bits per heavy atom. The molecule has 0 fully saturated rings. The summed E-state index contributed by atoms with van der Waals surface area (Å²) >= 11 is 0. The van der Waals surface area contributed by atoms with E-state index in [1.54, 1.807) is 18.6 Å². The van der Waals surface area contributed by atoms with Crippen LogP contribution in [0.15, 0.2) is 77.4 Å². The van der Waals surface area contributed by atoms with Gasteiger partial charge in [-0.05, 0) is 42.0 Å². The van der Waals surface area contributed by atoms with Crippen LogP contribution in [0.5, 0.6) is 0 Å². The first kappa shape index (κ1) is 17.0. The van der Waals surface area contributed by atoms with Gasteiger partial charge in [-0.25, -0.2) is 0 Å². The monoisotopic (exact) mass is 357 g/mol. The van der Waals surface area contributed by atoms with E-state index in [0.717, 1.165) is 34.6 Å². The number of ether oxygens (including phenoxy) is 1. The van der Waals surface area contributed by atoms with E-state index in [1.807, 2.05) is 30.5 Å². The van der Waals surface area contributed by atoms with E-state index in [4.69, 9.17) is 10.5 Å². The summed E-state index contributed by atoms with van der Waals surface area (Å²) in [6.07, 6.45) is 9.11. The van der Waals surface area contributed by atoms with Crippen molar-refractivity contribution in [2.24, 2.45) is 5.73 Å². The Kier molecular flexibility index (Phi) is 4.45. The number of allylic oxidation sites excluding steroid dienone is 1. The summed E-state index contributed by atoms with van der Waals surface area (Å²) in [5.41, 5.74) is 10.5. The van der Waals surface area contributed by atoms with Crippen LogP contribution >= 0.6 is 0 Å². The summed E-state index contributed by atoms with van der Waals surface area (Å²) in [4.78, 5) is 10.6. The minimum Gasteiger partial charge on any atom is -0.440 e. The van der Waals surface area contributed by atoms with Gasteiger partial charge >= 0.3 is 0 Å². The SMILES string of the molecule is CN1CC2=C(OC(N)=C(C#N)C2c2cccnc2)/C(=C/c2cccnc2)C1. The normalized spacial score (nSPS) is 21.6. The highest BCUT2D eigenvalue weighted by molar-refractivity contribution is 5.62. The van der Waals surface area contributed by atoms with E-state index in [2.05, 4.69) is 34.1 Å². The number of hydrogen-bond donors (Lipinski definition) is 1. The topological polar surface area (TPSA) is 88.1 Å². The van der Waals surface area contributed by atoms with Crippen molar-refractivity contribution in [3.63, 3.8) is 0 Å². The molecular weight excluding hydrogens is 338 g/mol. The zero-order valence-corrected chi connectivity index (χ0v) is 15.0. The van der Waals surface area contributed by atoms with Crippen LogP contribution in [0.25, 0.3) is 6.08 Å². The Hall–Kier alpha value is -3.43. The fourth-order valence-corrected chi connectivity index (χ4v) is 3.63. The number of likely N-dealkylation sites (N-methyl/N-ethyl adjacent to an activating group) is 1. The molecule has 1 unspecified atom stereocenters. The third-order valence-electron chi connectivity index (χ3n) is 4.74. The lowest BCUT2D eigenvalue weighted by Crippen LogP contribution is -2.36. The quantitative estimate of drug-likeness (QED) is 0.889. The summed E-state index contributed by atoms with van der Waals surface area (Å²) in [6, 6.07) is 9.97. The summed E-state index contributed by atoms with van der Waals surface area (Å²) in [5.74, 6) is 0.654. The molecule has 2 N–H and O–H groups in total. The van der Waals surface area contributed by atoms with E-state index >= 15 is 0 Å². The Balaban J connectivity index is 1.87. The fourth-order valence-electron chi connectivity index (χ4n) is 3.63. The average Bonchev–Trinajstić information content (AvgIpc) is 2.69. The van der Waals surface area contributed by atoms with Crippen LogP contribution < -0.4 is 5.73 Å². The van der Waals surface area contributed by atoms with Crippen molar-refractivity contribution in [3.05, 3.63) is 88.5 Å². The molecule has 0 aromatic carbocycles. The third kappa shape index (κ3) is 3.21. The highest BCUT2D eigenvalue weighted by Gasteiger charge is 2.37. The maximum atomic E-state index is 9.70. The lowest BCUT2D eigenvalue weighted by Gasteiger charge is -2.36. The van der Waals surface area contributed by atoms with Gasteiger partial charge in [-0.15, -0.1) is 0 Å². The second kappa shape index (κ2) is 7.06. The highest BCUT2D eigenvalue weighted by atomic mass is 16.5. The van der Waals surface area contributed by atoms with Crippen LogP contribution in [0.1, 0.15) is 17.0 Å². The Labute approximate surface area is 157 Å². The van der Waals surface area contributed by atoms with Crippen LogP contribution in [0.3, 0.4) is 0 Å². The van der Waals surface area contributed by atoms with Crippen LogP contribution in [0, 0.1) is 11.3 Å². The van der Waals surface area contributed by atoms with Crippen molar-refractivity contribution >= 4 is 6.08 Å². The summed E-state index contributed by atoms with van der Waals surface area (Å²) in [5, 5.41) is 9.70. The zero-order valence-electron chi connectivity index (χ0n) is 15.0. The predicted octanol–water partition coefficient (Wildman–Crippen LogP) is 2.57. The van der Waals surface area contributed by atoms with Gasteiger partial charge in [0.1, 0.15) is 17.4 Å². The summed E-state index contributed by atoms with van der Waals surface area (Å²) < 4.78 is 5.96. The van der Waals surface area contributed by atoms with E-state index < -0.39 is 0 Å². The molecular formula is C21H19N5O. The molecule has 0 amide bonds. The molecule has 134 valence electrons. The smallest absolute Gasteiger partial charge is 0.205 e. The van der Waals surface area contributed by atoms with Gasteiger partial charge in [0.25, 0.3) is 0 Å². The van der Waals surface area contributed by atoms with E-state index in [-0.39, 0.29) is 11.8 Å². The molecule has 4 heterocycles. The molecule has 2 aromatic heterocycles. The molecule has 0 aliphatic carbocycles. The van der Waals surface area contributed by atoms with Gasteiger partial charge in [-0.3, -0.25) is 14.9 Å². The molecule has 6 heteroatoms. The van der Waals surface area contributed by atoms with Gasteiger partial charge in [0, 0.05) is 43.4 Å². The number of hydrogen-bond acceptors (Lipinski definition) is 6. The number of nitrogens with zero attached hydrogens (tertiary/aromatic N) is 4. The minimum atomic E-state index is -0.257. The third-order valence-corrected chi connectivity index (χ3v) is 4.74. The lowest BCUT2D eigenvalue weighted by atomic mass is 9.81. The first-order chi connectivity index (χ1) is 13.2. The maximum Gasteiger partial charge on any atom is 0.205 e. The molecule has 1 atom stereocenters. The maximum absolute atomic E-state index is 9.70. The molecule has 2 aromatic rings. The van der Waals surface area contributed by atoms with Gasteiger partial charge in [-0.1, -0.05) is 12.1 Å². The number of rotatable bonds is 2. The summed E-state index contributed by atoms with van der Waals surface area (Å²) in [6.45, 7) is 1.42. The molecule has 0 saturated carbocycles. The number of nitrogens with two attached hydrogens (primary N) is 1. The Bertz CT molecular complexity index is 986. The van der Waals surface area contributed by atoms with Crippen LogP contribution in [0.2, 0.25) is 0 Å². The molecule has 27 heavy (non-hydrogen) atoms. The molecule has 0 bridgehead atoms. The molecule has 0 radical (unpaired) electrons. The fraction of sp³-hybridized carbons (Fsp3) is 0.190. The Morgan fingerprint density at radius 1 is 1.22 bits per heavy atom. The molecule has 2 aliphatic heterocycles. The average molecular weight is 357 g/mol. The second-order valence-corrected chi connectivity index (χ2v) is 6.69. The molecule has 0 saturated heterocycles. The summed E-state index contributed by atoms with van der Waals surface area (Å²) in [7, 11) is 2.05. The minimum absolute atomic E-state index is 0.159. The standard InChI is InChI=1S/C21H19N5O/c1-26-12-16(8-14-4-2-6-24-10-14)20-18(13-26)19(15-5-3-7-25-11-15)17(9-22)21(23)27-20/h2-8,10-11,19H,12-13,23H2,1H3/b16-8+. The Morgan fingerprint density at radius 3 is 2.67 bits per heavy atom. The van der Waals surface area contributed by atoms with Gasteiger partial charge in [0.15, 0.2) is 0 Å². The van der Waals surface area contributed by atoms with Crippen molar-refractivity contribution in [1.82, 2.24) is 14.9 Å². The highest BCUT2D eigenvalue weighted by Crippen LogP contribution is 2.43. The van der Waals surface area contributed by atoms with Crippen molar-refractivity contribution in [3.8, 4) is 6.07 Å². The van der Waals surface area contributed by atoms with Crippen molar-refractivity contribution in [2.45, 2.75) is 5.92 Å². The van der Waals surface area contributed by atoms with Crippen molar-refractivity contribution < 1.29 is 4.74 Å². The first-order valence-electron chi connectivity index (χ1n) is 8.67. The number of nitriles is 1. The van der Waals surface area contributed by atoms with E-state index in [0.29, 0.717) is 12.1 Å². The number of aromatic nitrogens is 2. The van der Waals surface area contributed by atoms with Gasteiger partial charge in [0.05, 0.1) is 5.92 Å². The van der Waals surface area contributed by atoms with E-state index in [1.165, 1.54) is 0 Å². The van der Waals surface area contributed by atoms with Gasteiger partial charge < -0.3 is 10.5 Å². The van der Waals surface area contributed by atoms with Gasteiger partial charge in [-0.2, -0.15) is 5.26 Å². The number of pyridine rings is 2. The molecule has 4 rings (SSSR count). The van der Waals surface area contributed by atoms with Crippen molar-refractivity contribution in [2.75, 3.05) is 20.1 Å². The largest absolute Gasteiger partial charge is 0.440 e. The van der Waals surface area contributed by atoms with Crippen LogP contribution in [0.4, 0.5) is 0 Å². The predicted molar refractivity (Wildman–Crippen MR) is 102 cm³/mol.